The molecule has 6 heteroatoms. The van der Waals surface area contributed by atoms with Crippen LogP contribution in [0.3, 0.4) is 0 Å². The highest BCUT2D eigenvalue weighted by Gasteiger charge is 2.15. The molecule has 0 radical (unpaired) electrons. The van der Waals surface area contributed by atoms with Crippen molar-refractivity contribution in [1.82, 2.24) is 15.3 Å². The van der Waals surface area contributed by atoms with Crippen molar-refractivity contribution in [2.75, 3.05) is 18.9 Å². The van der Waals surface area contributed by atoms with Gasteiger partial charge in [0.2, 0.25) is 5.91 Å². The zero-order valence-electron chi connectivity index (χ0n) is 17.0. The van der Waals surface area contributed by atoms with Crippen molar-refractivity contribution < 1.29 is 9.53 Å². The maximum Gasteiger partial charge on any atom is 0.230 e. The average Bonchev–Trinajstić information content (AvgIpc) is 3.27. The van der Waals surface area contributed by atoms with E-state index < -0.39 is 0 Å². The van der Waals surface area contributed by atoms with Crippen molar-refractivity contribution in [1.29, 1.82) is 0 Å². The first-order valence-corrected chi connectivity index (χ1v) is 11.1. The number of para-hydroxylation sites is 1. The predicted molar refractivity (Wildman–Crippen MR) is 125 cm³/mol. The summed E-state index contributed by atoms with van der Waals surface area (Å²) in [4.78, 5) is 20.4. The summed E-state index contributed by atoms with van der Waals surface area (Å²) in [6, 6.07) is 29.7. The van der Waals surface area contributed by atoms with E-state index in [-0.39, 0.29) is 11.7 Å². The number of rotatable bonds is 9. The van der Waals surface area contributed by atoms with E-state index >= 15 is 0 Å². The second-order valence-electron chi connectivity index (χ2n) is 6.80. The van der Waals surface area contributed by atoms with Crippen molar-refractivity contribution >= 4 is 17.7 Å². The molecule has 0 fully saturated rings. The van der Waals surface area contributed by atoms with Gasteiger partial charge in [-0.25, -0.2) is 4.98 Å². The zero-order valence-corrected chi connectivity index (χ0v) is 17.8. The predicted octanol–water partition coefficient (Wildman–Crippen LogP) is 5.03. The molecule has 0 unspecified atom stereocenters. The van der Waals surface area contributed by atoms with Crippen LogP contribution in [0.15, 0.2) is 96.2 Å². The lowest BCUT2D eigenvalue weighted by Crippen LogP contribution is -2.29. The number of ether oxygens (including phenoxy) is 1. The van der Waals surface area contributed by atoms with Crippen molar-refractivity contribution in [3.8, 4) is 28.3 Å². The third kappa shape index (κ3) is 5.77. The quantitative estimate of drug-likeness (QED) is 0.289. The lowest BCUT2D eigenvalue weighted by atomic mass is 10.1. The number of H-pyrrole nitrogens is 1. The summed E-state index contributed by atoms with van der Waals surface area (Å²) in [5, 5.41) is 3.60. The molecule has 1 aromatic heterocycles. The van der Waals surface area contributed by atoms with Gasteiger partial charge in [0.15, 0.2) is 5.16 Å². The number of carbonyl (C=O) groups is 1. The molecule has 3 aromatic carbocycles. The Labute approximate surface area is 185 Å². The lowest BCUT2D eigenvalue weighted by Gasteiger charge is -2.07. The van der Waals surface area contributed by atoms with E-state index in [9.17, 15) is 4.79 Å². The molecule has 1 heterocycles. The molecule has 0 aliphatic rings. The summed E-state index contributed by atoms with van der Waals surface area (Å²) in [6.45, 7) is 0.883. The number of aromatic nitrogens is 2. The van der Waals surface area contributed by atoms with E-state index in [1.54, 1.807) is 0 Å². The Hall–Kier alpha value is -3.51. The van der Waals surface area contributed by atoms with Crippen LogP contribution in [0.25, 0.3) is 22.5 Å². The van der Waals surface area contributed by atoms with Gasteiger partial charge in [-0.3, -0.25) is 4.79 Å². The molecule has 4 rings (SSSR count). The van der Waals surface area contributed by atoms with Crippen molar-refractivity contribution in [2.24, 2.45) is 0 Å². The lowest BCUT2D eigenvalue weighted by molar-refractivity contribution is -0.118. The number of nitrogens with zero attached hydrogens (tertiary/aromatic N) is 1. The molecule has 0 spiro atoms. The number of imidazole rings is 1. The van der Waals surface area contributed by atoms with Crippen LogP contribution >= 0.6 is 11.8 Å². The minimum Gasteiger partial charge on any atom is -0.492 e. The Morgan fingerprint density at radius 1 is 0.871 bits per heavy atom. The maximum atomic E-state index is 12.2. The van der Waals surface area contributed by atoms with Gasteiger partial charge in [0.1, 0.15) is 12.4 Å². The number of hydrogen-bond donors (Lipinski definition) is 2. The monoisotopic (exact) mass is 429 g/mol. The molecule has 0 aliphatic heterocycles. The van der Waals surface area contributed by atoms with Crippen LogP contribution in [0, 0.1) is 0 Å². The van der Waals surface area contributed by atoms with Crippen LogP contribution in [0.4, 0.5) is 0 Å². The van der Waals surface area contributed by atoms with E-state index in [1.165, 1.54) is 11.8 Å². The number of benzene rings is 3. The normalized spacial score (nSPS) is 10.6. The highest BCUT2D eigenvalue weighted by Crippen LogP contribution is 2.32. The fourth-order valence-electron chi connectivity index (χ4n) is 3.10. The molecule has 4 aromatic rings. The first-order valence-electron chi connectivity index (χ1n) is 10.1. The highest BCUT2D eigenvalue weighted by molar-refractivity contribution is 7.99. The topological polar surface area (TPSA) is 67.0 Å². The van der Waals surface area contributed by atoms with Gasteiger partial charge in [0.25, 0.3) is 0 Å². The van der Waals surface area contributed by atoms with Gasteiger partial charge >= 0.3 is 0 Å². The highest BCUT2D eigenvalue weighted by atomic mass is 32.2. The molecular weight excluding hydrogens is 406 g/mol. The van der Waals surface area contributed by atoms with Crippen LogP contribution in [-0.2, 0) is 4.79 Å². The average molecular weight is 430 g/mol. The molecule has 0 aliphatic carbocycles. The summed E-state index contributed by atoms with van der Waals surface area (Å²) < 4.78 is 5.60. The third-order valence-corrected chi connectivity index (χ3v) is 5.44. The molecule has 1 amide bonds. The van der Waals surface area contributed by atoms with E-state index in [4.69, 9.17) is 9.72 Å². The number of hydrogen-bond acceptors (Lipinski definition) is 4. The summed E-state index contributed by atoms with van der Waals surface area (Å²) in [6.07, 6.45) is 0. The Morgan fingerprint density at radius 2 is 1.48 bits per heavy atom. The molecule has 2 N–H and O–H groups in total. The Kier molecular flexibility index (Phi) is 7.03. The van der Waals surface area contributed by atoms with Gasteiger partial charge in [-0.1, -0.05) is 90.6 Å². The number of amides is 1. The molecule has 5 nitrogen and oxygen atoms in total. The second kappa shape index (κ2) is 10.5. The fourth-order valence-corrected chi connectivity index (χ4v) is 3.80. The minimum absolute atomic E-state index is 0.0550. The van der Waals surface area contributed by atoms with Crippen LogP contribution in [0.1, 0.15) is 0 Å². The van der Waals surface area contributed by atoms with Crippen LogP contribution in [0.5, 0.6) is 5.75 Å². The number of aromatic amines is 1. The van der Waals surface area contributed by atoms with E-state index in [0.29, 0.717) is 18.3 Å². The third-order valence-electron chi connectivity index (χ3n) is 4.57. The first-order chi connectivity index (χ1) is 15.3. The smallest absolute Gasteiger partial charge is 0.230 e. The van der Waals surface area contributed by atoms with E-state index in [1.807, 2.05) is 91.0 Å². The number of thioether (sulfide) groups is 1. The number of nitrogens with one attached hydrogen (secondary N) is 2. The second-order valence-corrected chi connectivity index (χ2v) is 7.76. The van der Waals surface area contributed by atoms with Crippen molar-refractivity contribution in [3.63, 3.8) is 0 Å². The Morgan fingerprint density at radius 3 is 2.16 bits per heavy atom. The van der Waals surface area contributed by atoms with Gasteiger partial charge < -0.3 is 15.0 Å². The SMILES string of the molecule is O=C(CSc1nc(-c2ccccc2)c(-c2ccccc2)[nH]1)NCCOc1ccccc1. The summed E-state index contributed by atoms with van der Waals surface area (Å²) in [5.41, 5.74) is 3.92. The number of carbonyl (C=O) groups excluding carboxylic acids is 1. The van der Waals surface area contributed by atoms with Crippen LogP contribution < -0.4 is 10.1 Å². The van der Waals surface area contributed by atoms with E-state index in [0.717, 1.165) is 28.3 Å². The first kappa shape index (κ1) is 20.8. The van der Waals surface area contributed by atoms with Crippen LogP contribution in [0.2, 0.25) is 0 Å². The molecule has 0 atom stereocenters. The zero-order chi connectivity index (χ0) is 21.3. The van der Waals surface area contributed by atoms with Crippen molar-refractivity contribution in [2.45, 2.75) is 5.16 Å². The fraction of sp³-hybridized carbons (Fsp3) is 0.120. The Bertz CT molecular complexity index is 1040. The molecule has 156 valence electrons. The maximum absolute atomic E-state index is 12.2. The van der Waals surface area contributed by atoms with Gasteiger partial charge in [-0.05, 0) is 12.1 Å². The van der Waals surface area contributed by atoms with Gasteiger partial charge in [0, 0.05) is 11.1 Å². The van der Waals surface area contributed by atoms with Gasteiger partial charge in [-0.15, -0.1) is 0 Å². The van der Waals surface area contributed by atoms with Crippen LogP contribution in [-0.4, -0.2) is 34.8 Å². The van der Waals surface area contributed by atoms with E-state index in [2.05, 4.69) is 10.3 Å². The largest absolute Gasteiger partial charge is 0.492 e. The molecule has 0 saturated heterocycles. The molecule has 31 heavy (non-hydrogen) atoms. The molecule has 0 bridgehead atoms. The standard InChI is InChI=1S/C25H23N3O2S/c29-22(26-16-17-30-21-14-8-3-9-15-21)18-31-25-27-23(19-10-4-1-5-11-19)24(28-25)20-12-6-2-7-13-20/h1-15H,16-18H2,(H,26,29)(H,27,28). The van der Waals surface area contributed by atoms with Gasteiger partial charge in [-0.2, -0.15) is 0 Å². The van der Waals surface area contributed by atoms with Crippen molar-refractivity contribution in [3.05, 3.63) is 91.0 Å². The molecule has 0 saturated carbocycles. The summed E-state index contributed by atoms with van der Waals surface area (Å²) in [5.74, 6) is 1.02. The molecular formula is C25H23N3O2S. The summed E-state index contributed by atoms with van der Waals surface area (Å²) >= 11 is 1.39. The minimum atomic E-state index is -0.0550. The summed E-state index contributed by atoms with van der Waals surface area (Å²) in [7, 11) is 0. The Balaban J connectivity index is 1.36. The van der Waals surface area contributed by atoms with Gasteiger partial charge in [0.05, 0.1) is 23.7 Å².